The zero-order valence-corrected chi connectivity index (χ0v) is 18.6. The fraction of sp³-hybridized carbons (Fsp3) is 0.318. The smallest absolute Gasteiger partial charge is 0.255 e. The molecule has 0 spiro atoms. The third-order valence-electron chi connectivity index (χ3n) is 5.58. The maximum atomic E-state index is 13.3. The second-order valence-electron chi connectivity index (χ2n) is 7.85. The van der Waals surface area contributed by atoms with Gasteiger partial charge < -0.3 is 4.90 Å². The minimum Gasteiger partial charge on any atom is -0.341 e. The number of sulfone groups is 1. The molecule has 1 atom stereocenters. The molecule has 1 aliphatic heterocycles. The van der Waals surface area contributed by atoms with Crippen molar-refractivity contribution >= 4 is 21.6 Å². The predicted molar refractivity (Wildman–Crippen MR) is 119 cm³/mol. The molecule has 0 saturated carbocycles. The topological polar surface area (TPSA) is 115 Å². The lowest BCUT2D eigenvalue weighted by Gasteiger charge is -2.33. The summed E-state index contributed by atoms with van der Waals surface area (Å²) in [5.74, 6) is -0.182. The van der Waals surface area contributed by atoms with Crippen molar-refractivity contribution < 1.29 is 13.2 Å². The number of aromatic nitrogens is 4. The fourth-order valence-corrected chi connectivity index (χ4v) is 4.86. The van der Waals surface area contributed by atoms with Crippen LogP contribution in [0.5, 0.6) is 0 Å². The number of carbonyl (C=O) groups excluding carboxylic acids is 1. The summed E-state index contributed by atoms with van der Waals surface area (Å²) in [6.45, 7) is 0.968. The van der Waals surface area contributed by atoms with Gasteiger partial charge in [-0.05, 0) is 25.0 Å². The lowest BCUT2D eigenvalue weighted by Crippen LogP contribution is -2.42. The molecule has 0 bridgehead atoms. The minimum absolute atomic E-state index is 0.0402. The molecule has 32 heavy (non-hydrogen) atoms. The first kappa shape index (κ1) is 21.8. The van der Waals surface area contributed by atoms with Gasteiger partial charge in [0.1, 0.15) is 6.33 Å². The van der Waals surface area contributed by atoms with Crippen LogP contribution in [-0.4, -0.2) is 53.1 Å². The Morgan fingerprint density at radius 1 is 1.16 bits per heavy atom. The molecular weight excluding hydrogens is 430 g/mol. The van der Waals surface area contributed by atoms with E-state index in [2.05, 4.69) is 15.0 Å². The third kappa shape index (κ3) is 4.31. The lowest BCUT2D eigenvalue weighted by molar-refractivity contribution is 0.0903. The summed E-state index contributed by atoms with van der Waals surface area (Å²) < 4.78 is 25.8. The zero-order valence-electron chi connectivity index (χ0n) is 17.8. The number of Topliss-reactive ketones (excluding diaryl/α,β-unsaturated/α-hetero) is 1. The number of nitrogens with zero attached hydrogens (tertiary/aromatic N) is 5. The molecule has 3 heterocycles. The molecule has 1 aromatic carbocycles. The van der Waals surface area contributed by atoms with Crippen LogP contribution in [0.1, 0.15) is 23.2 Å². The van der Waals surface area contributed by atoms with Crippen LogP contribution in [-0.2, 0) is 16.9 Å². The van der Waals surface area contributed by atoms with Crippen molar-refractivity contribution in [2.75, 3.05) is 24.2 Å². The van der Waals surface area contributed by atoms with Gasteiger partial charge in [-0.3, -0.25) is 14.2 Å². The van der Waals surface area contributed by atoms with Crippen LogP contribution >= 0.6 is 0 Å². The van der Waals surface area contributed by atoms with E-state index in [0.717, 1.165) is 6.26 Å². The van der Waals surface area contributed by atoms with Gasteiger partial charge in [0.25, 0.3) is 5.56 Å². The van der Waals surface area contributed by atoms with Gasteiger partial charge in [-0.1, -0.05) is 18.2 Å². The standard InChI is InChI=1S/C22H23N5O4S/c1-26-20(28)12-18(17-9-10-23-14-24-17)25-22(26)27-11-5-6-15(13-27)21(29)16-7-3-4-8-19(16)32(2,30)31/h3-4,7-10,12,14-15H,5-6,11,13H2,1-2H3. The quantitative estimate of drug-likeness (QED) is 0.537. The average molecular weight is 454 g/mol. The Balaban J connectivity index is 1.67. The monoisotopic (exact) mass is 453 g/mol. The third-order valence-corrected chi connectivity index (χ3v) is 6.74. The Kier molecular flexibility index (Phi) is 5.88. The van der Waals surface area contributed by atoms with Crippen molar-refractivity contribution in [2.24, 2.45) is 13.0 Å². The largest absolute Gasteiger partial charge is 0.341 e. The second-order valence-corrected chi connectivity index (χ2v) is 9.84. The molecular formula is C22H23N5O4S. The van der Waals surface area contributed by atoms with E-state index in [0.29, 0.717) is 43.3 Å². The van der Waals surface area contributed by atoms with Crippen LogP contribution in [0.3, 0.4) is 0 Å². The van der Waals surface area contributed by atoms with Gasteiger partial charge >= 0.3 is 0 Å². The summed E-state index contributed by atoms with van der Waals surface area (Å²) in [7, 11) is -1.90. The van der Waals surface area contributed by atoms with Crippen LogP contribution in [0.25, 0.3) is 11.4 Å². The Morgan fingerprint density at radius 3 is 2.66 bits per heavy atom. The number of ketones is 1. The molecule has 2 aromatic heterocycles. The van der Waals surface area contributed by atoms with Crippen molar-refractivity contribution in [3.05, 3.63) is 64.8 Å². The van der Waals surface area contributed by atoms with Gasteiger partial charge in [0.05, 0.1) is 16.3 Å². The molecule has 9 nitrogen and oxygen atoms in total. The van der Waals surface area contributed by atoms with Gasteiger partial charge in [0.2, 0.25) is 5.95 Å². The van der Waals surface area contributed by atoms with Gasteiger partial charge in [-0.15, -0.1) is 0 Å². The highest BCUT2D eigenvalue weighted by Gasteiger charge is 2.31. The number of anilines is 1. The molecule has 166 valence electrons. The molecule has 0 N–H and O–H groups in total. The SMILES string of the molecule is Cn1c(N2CCCC(C(=O)c3ccccc3S(C)(=O)=O)C2)nc(-c2ccncn2)cc1=O. The minimum atomic E-state index is -3.54. The van der Waals surface area contributed by atoms with Crippen LogP contribution < -0.4 is 10.5 Å². The molecule has 10 heteroatoms. The maximum Gasteiger partial charge on any atom is 0.255 e. The molecule has 0 aliphatic carbocycles. The number of hydrogen-bond donors (Lipinski definition) is 0. The van der Waals surface area contributed by atoms with Crippen molar-refractivity contribution in [3.8, 4) is 11.4 Å². The van der Waals surface area contributed by atoms with Crippen molar-refractivity contribution in [1.82, 2.24) is 19.5 Å². The Hall–Kier alpha value is -3.40. The molecule has 3 aromatic rings. The summed E-state index contributed by atoms with van der Waals surface area (Å²) in [4.78, 5) is 40.5. The first-order chi connectivity index (χ1) is 15.3. The van der Waals surface area contributed by atoms with Crippen molar-refractivity contribution in [2.45, 2.75) is 17.7 Å². The highest BCUT2D eigenvalue weighted by molar-refractivity contribution is 7.90. The highest BCUT2D eigenvalue weighted by Crippen LogP contribution is 2.27. The van der Waals surface area contributed by atoms with E-state index in [1.54, 1.807) is 37.5 Å². The van der Waals surface area contributed by atoms with Crippen molar-refractivity contribution in [1.29, 1.82) is 0 Å². The highest BCUT2D eigenvalue weighted by atomic mass is 32.2. The van der Waals surface area contributed by atoms with E-state index in [9.17, 15) is 18.0 Å². The molecule has 4 rings (SSSR count). The first-order valence-corrected chi connectivity index (χ1v) is 12.1. The van der Waals surface area contributed by atoms with Gasteiger partial charge in [0, 0.05) is 50.1 Å². The number of carbonyl (C=O) groups is 1. The molecule has 0 radical (unpaired) electrons. The Bertz CT molecular complexity index is 1320. The number of piperidine rings is 1. The summed E-state index contributed by atoms with van der Waals surface area (Å²) >= 11 is 0. The van der Waals surface area contributed by atoms with Crippen molar-refractivity contribution in [3.63, 3.8) is 0 Å². The number of hydrogen-bond acceptors (Lipinski definition) is 8. The summed E-state index contributed by atoms with van der Waals surface area (Å²) in [5, 5.41) is 0. The van der Waals surface area contributed by atoms with E-state index < -0.39 is 15.8 Å². The molecule has 1 aliphatic rings. The average Bonchev–Trinajstić information content (AvgIpc) is 2.80. The van der Waals surface area contributed by atoms with Crippen LogP contribution in [0.15, 0.2) is 58.6 Å². The van der Waals surface area contributed by atoms with E-state index in [1.165, 1.54) is 23.0 Å². The van der Waals surface area contributed by atoms with E-state index in [4.69, 9.17) is 0 Å². The van der Waals surface area contributed by atoms with E-state index in [-0.39, 0.29) is 21.8 Å². The maximum absolute atomic E-state index is 13.3. The summed E-state index contributed by atoms with van der Waals surface area (Å²) in [5.41, 5.74) is 0.935. The number of rotatable bonds is 5. The Labute approximate surface area is 185 Å². The molecule has 1 saturated heterocycles. The second kappa shape index (κ2) is 8.62. The normalized spacial score (nSPS) is 16.7. The van der Waals surface area contributed by atoms with E-state index >= 15 is 0 Å². The predicted octanol–water partition coefficient (Wildman–Crippen LogP) is 1.74. The lowest BCUT2D eigenvalue weighted by atomic mass is 9.90. The van der Waals surface area contributed by atoms with Gasteiger partial charge in [0.15, 0.2) is 15.6 Å². The van der Waals surface area contributed by atoms with Crippen LogP contribution in [0, 0.1) is 5.92 Å². The van der Waals surface area contributed by atoms with Gasteiger partial charge in [-0.2, -0.15) is 0 Å². The molecule has 1 unspecified atom stereocenters. The first-order valence-electron chi connectivity index (χ1n) is 10.2. The van der Waals surface area contributed by atoms with Gasteiger partial charge in [-0.25, -0.2) is 23.4 Å². The Morgan fingerprint density at radius 2 is 1.94 bits per heavy atom. The summed E-state index contributed by atoms with van der Waals surface area (Å²) in [6, 6.07) is 9.38. The molecule has 0 amide bonds. The van der Waals surface area contributed by atoms with E-state index in [1.807, 2.05) is 4.90 Å². The number of benzene rings is 1. The fourth-order valence-electron chi connectivity index (χ4n) is 3.97. The molecule has 1 fully saturated rings. The summed E-state index contributed by atoms with van der Waals surface area (Å²) in [6.07, 6.45) is 5.42. The van der Waals surface area contributed by atoms with Crippen LogP contribution in [0.2, 0.25) is 0 Å². The van der Waals surface area contributed by atoms with Crippen LogP contribution in [0.4, 0.5) is 5.95 Å². The zero-order chi connectivity index (χ0) is 22.9.